The van der Waals surface area contributed by atoms with E-state index in [2.05, 4.69) is 36.5 Å². The van der Waals surface area contributed by atoms with Crippen molar-refractivity contribution in [1.82, 2.24) is 5.32 Å². The number of nitrogens with one attached hydrogen (secondary N) is 1. The minimum atomic E-state index is -0.176. The van der Waals surface area contributed by atoms with Gasteiger partial charge in [-0.1, -0.05) is 36.4 Å². The van der Waals surface area contributed by atoms with Gasteiger partial charge < -0.3 is 11.1 Å². The van der Waals surface area contributed by atoms with Crippen LogP contribution in [0.4, 0.5) is 4.39 Å². The van der Waals surface area contributed by atoms with Gasteiger partial charge in [0, 0.05) is 12.6 Å². The van der Waals surface area contributed by atoms with Crippen LogP contribution in [0.25, 0.3) is 0 Å². The Morgan fingerprint density at radius 2 is 1.55 bits per heavy atom. The first-order chi connectivity index (χ1) is 10.7. The van der Waals surface area contributed by atoms with Gasteiger partial charge in [0.25, 0.3) is 0 Å². The minimum absolute atomic E-state index is 0.176. The van der Waals surface area contributed by atoms with Gasteiger partial charge in [-0.2, -0.15) is 0 Å². The Morgan fingerprint density at radius 3 is 2.18 bits per heavy atom. The monoisotopic (exact) mass is 300 g/mol. The lowest BCUT2D eigenvalue weighted by Gasteiger charge is -2.14. The zero-order valence-corrected chi connectivity index (χ0v) is 13.2. The summed E-state index contributed by atoms with van der Waals surface area (Å²) in [5, 5.41) is 3.52. The molecule has 3 N–H and O–H groups in total. The summed E-state index contributed by atoms with van der Waals surface area (Å²) in [6.45, 7) is 3.75. The van der Waals surface area contributed by atoms with Crippen LogP contribution in [-0.4, -0.2) is 12.6 Å². The van der Waals surface area contributed by atoms with Crippen LogP contribution in [0.1, 0.15) is 30.0 Å². The SMILES string of the molecule is CC(Cc1ccc(F)cc1)NCCCc1ccc(CN)cc1. The molecule has 0 amide bonds. The molecular formula is C19H25FN2. The van der Waals surface area contributed by atoms with Crippen molar-refractivity contribution in [3.8, 4) is 0 Å². The molecule has 1 atom stereocenters. The third-order valence-electron chi connectivity index (χ3n) is 3.85. The third kappa shape index (κ3) is 5.58. The molecule has 118 valence electrons. The second kappa shape index (κ2) is 8.66. The molecule has 0 fully saturated rings. The van der Waals surface area contributed by atoms with E-state index in [0.717, 1.165) is 25.8 Å². The smallest absolute Gasteiger partial charge is 0.123 e. The summed E-state index contributed by atoms with van der Waals surface area (Å²) in [4.78, 5) is 0. The summed E-state index contributed by atoms with van der Waals surface area (Å²) in [7, 11) is 0. The Balaban J connectivity index is 1.66. The highest BCUT2D eigenvalue weighted by Gasteiger charge is 2.03. The van der Waals surface area contributed by atoms with Crippen molar-refractivity contribution in [2.45, 2.75) is 38.8 Å². The molecule has 22 heavy (non-hydrogen) atoms. The molecule has 3 heteroatoms. The first kappa shape index (κ1) is 16.7. The van der Waals surface area contributed by atoms with Gasteiger partial charge in [0.05, 0.1) is 0 Å². The van der Waals surface area contributed by atoms with E-state index in [0.29, 0.717) is 12.6 Å². The average Bonchev–Trinajstić information content (AvgIpc) is 2.54. The normalized spacial score (nSPS) is 12.3. The summed E-state index contributed by atoms with van der Waals surface area (Å²) >= 11 is 0. The molecule has 0 aliphatic rings. The van der Waals surface area contributed by atoms with Gasteiger partial charge in [-0.3, -0.25) is 0 Å². The number of halogens is 1. The Kier molecular flexibility index (Phi) is 6.56. The van der Waals surface area contributed by atoms with Crippen LogP contribution in [0.3, 0.4) is 0 Å². The van der Waals surface area contributed by atoms with Crippen molar-refractivity contribution in [2.75, 3.05) is 6.54 Å². The molecule has 0 aliphatic heterocycles. The van der Waals surface area contributed by atoms with Gasteiger partial charge in [0.1, 0.15) is 5.82 Å². The standard InChI is InChI=1S/C19H25FN2/c1-15(13-17-8-10-19(20)11-9-17)22-12-2-3-16-4-6-18(14-21)7-5-16/h4-11,15,22H,2-3,12-14,21H2,1H3. The predicted octanol–water partition coefficient (Wildman–Crippen LogP) is 3.44. The van der Waals surface area contributed by atoms with Crippen molar-refractivity contribution in [1.29, 1.82) is 0 Å². The minimum Gasteiger partial charge on any atom is -0.326 e. The molecular weight excluding hydrogens is 275 g/mol. The number of benzene rings is 2. The lowest BCUT2D eigenvalue weighted by Crippen LogP contribution is -2.29. The number of nitrogens with two attached hydrogens (primary N) is 1. The van der Waals surface area contributed by atoms with Crippen LogP contribution in [0.5, 0.6) is 0 Å². The highest BCUT2D eigenvalue weighted by Crippen LogP contribution is 2.07. The van der Waals surface area contributed by atoms with Crippen LogP contribution < -0.4 is 11.1 Å². The molecule has 0 aromatic heterocycles. The second-order valence-corrected chi connectivity index (χ2v) is 5.81. The molecule has 0 radical (unpaired) electrons. The molecule has 2 aromatic rings. The van der Waals surface area contributed by atoms with Gasteiger partial charge in [-0.05, 0) is 61.6 Å². The van der Waals surface area contributed by atoms with E-state index < -0.39 is 0 Å². The highest BCUT2D eigenvalue weighted by atomic mass is 19.1. The maximum atomic E-state index is 12.9. The summed E-state index contributed by atoms with van der Waals surface area (Å²) in [5.74, 6) is -0.176. The van der Waals surface area contributed by atoms with E-state index in [1.807, 2.05) is 12.1 Å². The Hall–Kier alpha value is -1.71. The summed E-state index contributed by atoms with van der Waals surface area (Å²) < 4.78 is 12.9. The predicted molar refractivity (Wildman–Crippen MR) is 90.2 cm³/mol. The Bertz CT molecular complexity index is 549. The van der Waals surface area contributed by atoms with Crippen LogP contribution in [-0.2, 0) is 19.4 Å². The van der Waals surface area contributed by atoms with Gasteiger partial charge in [0.15, 0.2) is 0 Å². The lowest BCUT2D eigenvalue weighted by atomic mass is 10.1. The maximum absolute atomic E-state index is 12.9. The van der Waals surface area contributed by atoms with E-state index >= 15 is 0 Å². The van der Waals surface area contributed by atoms with E-state index in [4.69, 9.17) is 5.73 Å². The van der Waals surface area contributed by atoms with Gasteiger partial charge in [-0.25, -0.2) is 4.39 Å². The van der Waals surface area contributed by atoms with Crippen LogP contribution in [0.2, 0.25) is 0 Å². The summed E-state index contributed by atoms with van der Waals surface area (Å²) in [6, 6.07) is 15.7. The fraction of sp³-hybridized carbons (Fsp3) is 0.368. The zero-order valence-electron chi connectivity index (χ0n) is 13.2. The highest BCUT2D eigenvalue weighted by molar-refractivity contribution is 5.22. The van der Waals surface area contributed by atoms with E-state index in [1.54, 1.807) is 0 Å². The van der Waals surface area contributed by atoms with Crippen molar-refractivity contribution in [3.05, 3.63) is 71.0 Å². The number of rotatable bonds is 8. The Morgan fingerprint density at radius 1 is 0.955 bits per heavy atom. The third-order valence-corrected chi connectivity index (χ3v) is 3.85. The van der Waals surface area contributed by atoms with Crippen molar-refractivity contribution < 1.29 is 4.39 Å². The van der Waals surface area contributed by atoms with Crippen LogP contribution in [0, 0.1) is 5.82 Å². The molecule has 0 bridgehead atoms. The topological polar surface area (TPSA) is 38.0 Å². The van der Waals surface area contributed by atoms with Crippen molar-refractivity contribution >= 4 is 0 Å². The lowest BCUT2D eigenvalue weighted by molar-refractivity contribution is 0.533. The first-order valence-corrected chi connectivity index (χ1v) is 7.93. The van der Waals surface area contributed by atoms with Crippen LogP contribution in [0.15, 0.2) is 48.5 Å². The molecule has 0 heterocycles. The van der Waals surface area contributed by atoms with Crippen LogP contribution >= 0.6 is 0 Å². The number of hydrogen-bond donors (Lipinski definition) is 2. The molecule has 2 nitrogen and oxygen atoms in total. The molecule has 0 saturated carbocycles. The molecule has 0 aliphatic carbocycles. The Labute approximate surface area is 132 Å². The quantitative estimate of drug-likeness (QED) is 0.733. The van der Waals surface area contributed by atoms with E-state index in [1.165, 1.54) is 28.8 Å². The largest absolute Gasteiger partial charge is 0.326 e. The number of hydrogen-bond acceptors (Lipinski definition) is 2. The molecule has 1 unspecified atom stereocenters. The fourth-order valence-electron chi connectivity index (χ4n) is 2.53. The fourth-order valence-corrected chi connectivity index (χ4v) is 2.53. The van der Waals surface area contributed by atoms with Gasteiger partial charge >= 0.3 is 0 Å². The van der Waals surface area contributed by atoms with Gasteiger partial charge in [-0.15, -0.1) is 0 Å². The van der Waals surface area contributed by atoms with E-state index in [9.17, 15) is 4.39 Å². The molecule has 0 saturated heterocycles. The van der Waals surface area contributed by atoms with Gasteiger partial charge in [0.2, 0.25) is 0 Å². The second-order valence-electron chi connectivity index (χ2n) is 5.81. The summed E-state index contributed by atoms with van der Waals surface area (Å²) in [6.07, 6.45) is 3.10. The summed E-state index contributed by atoms with van der Waals surface area (Å²) in [5.41, 5.74) is 9.29. The van der Waals surface area contributed by atoms with Crippen molar-refractivity contribution in [2.24, 2.45) is 5.73 Å². The van der Waals surface area contributed by atoms with E-state index in [-0.39, 0.29) is 5.82 Å². The molecule has 2 aromatic carbocycles. The first-order valence-electron chi connectivity index (χ1n) is 7.93. The maximum Gasteiger partial charge on any atom is 0.123 e. The molecule has 2 rings (SSSR count). The molecule has 0 spiro atoms. The average molecular weight is 300 g/mol. The number of aryl methyl sites for hydroxylation is 1. The van der Waals surface area contributed by atoms with Crippen molar-refractivity contribution in [3.63, 3.8) is 0 Å². The zero-order chi connectivity index (χ0) is 15.8.